The average molecular weight is 605 g/mol. The molecule has 1 aliphatic heterocycles. The highest BCUT2D eigenvalue weighted by atomic mass is 35.5. The number of methoxy groups -OCH3 is 1. The van der Waals surface area contributed by atoms with Crippen molar-refractivity contribution >= 4 is 40.7 Å². The van der Waals surface area contributed by atoms with Crippen LogP contribution < -0.4 is 24.4 Å². The summed E-state index contributed by atoms with van der Waals surface area (Å²) in [7, 11) is 1.57. The Kier molecular flexibility index (Phi) is 7.05. The lowest BCUT2D eigenvalue weighted by Gasteiger charge is -2.31. The second-order valence-corrected chi connectivity index (χ2v) is 11.7. The number of esters is 1. The van der Waals surface area contributed by atoms with Crippen LogP contribution in [0.25, 0.3) is 11.8 Å². The number of carbonyl (C=O) groups excluding carboxylic acids is 1. The van der Waals surface area contributed by atoms with Gasteiger partial charge in [0, 0.05) is 10.6 Å². The molecule has 0 unspecified atom stereocenters. The number of thiazole rings is 1. The zero-order valence-corrected chi connectivity index (χ0v) is 24.7. The summed E-state index contributed by atoms with van der Waals surface area (Å²) in [6.45, 7) is 0. The largest absolute Gasteiger partial charge is 0.497 e. The van der Waals surface area contributed by atoms with E-state index in [1.54, 1.807) is 48.1 Å². The molecule has 0 radical (unpaired) electrons. The van der Waals surface area contributed by atoms with E-state index in [0.29, 0.717) is 31.4 Å². The molecule has 0 N–H and O–H groups in total. The van der Waals surface area contributed by atoms with Crippen LogP contribution in [0.5, 0.6) is 11.5 Å². The fourth-order valence-corrected chi connectivity index (χ4v) is 6.91. The molecule has 1 atom stereocenters. The van der Waals surface area contributed by atoms with E-state index in [9.17, 15) is 9.59 Å². The molecule has 5 aromatic rings. The monoisotopic (exact) mass is 604 g/mol. The average Bonchev–Trinajstić information content (AvgIpc) is 3.35. The number of aryl methyl sites for hydroxylation is 1. The highest BCUT2D eigenvalue weighted by Gasteiger charge is 2.33. The van der Waals surface area contributed by atoms with Crippen LogP contribution in [-0.2, 0) is 6.42 Å². The number of nitrogens with zero attached hydrogens (tertiary/aromatic N) is 2. The van der Waals surface area contributed by atoms with Crippen molar-refractivity contribution < 1.29 is 14.3 Å². The van der Waals surface area contributed by atoms with Crippen molar-refractivity contribution in [2.24, 2.45) is 4.99 Å². The molecule has 0 amide bonds. The number of rotatable bonds is 5. The van der Waals surface area contributed by atoms with Crippen LogP contribution in [0.3, 0.4) is 0 Å². The Balaban J connectivity index is 1.26. The molecule has 4 aromatic carbocycles. The Hall–Kier alpha value is -4.72. The Morgan fingerprint density at radius 1 is 0.930 bits per heavy atom. The maximum Gasteiger partial charge on any atom is 0.343 e. The van der Waals surface area contributed by atoms with Gasteiger partial charge in [0.25, 0.3) is 5.56 Å². The maximum atomic E-state index is 14.0. The number of carbonyl (C=O) groups is 1. The minimum absolute atomic E-state index is 0.117. The molecule has 2 heterocycles. The lowest BCUT2D eigenvalue weighted by atomic mass is 9.83. The molecule has 0 saturated heterocycles. The van der Waals surface area contributed by atoms with E-state index in [0.717, 1.165) is 40.8 Å². The molecule has 43 heavy (non-hydrogen) atoms. The van der Waals surface area contributed by atoms with Gasteiger partial charge >= 0.3 is 5.97 Å². The third-order valence-electron chi connectivity index (χ3n) is 7.79. The van der Waals surface area contributed by atoms with Crippen molar-refractivity contribution in [2.45, 2.75) is 18.9 Å². The Morgan fingerprint density at radius 3 is 2.42 bits per heavy atom. The van der Waals surface area contributed by atoms with E-state index in [1.165, 1.54) is 16.9 Å². The first-order chi connectivity index (χ1) is 21.0. The smallest absolute Gasteiger partial charge is 0.343 e. The summed E-state index contributed by atoms with van der Waals surface area (Å²) in [6.07, 6.45) is 3.52. The summed E-state index contributed by atoms with van der Waals surface area (Å²) in [5.74, 6) is 0.604. The van der Waals surface area contributed by atoms with Crippen LogP contribution in [0.15, 0.2) is 112 Å². The molecular formula is C35H25ClN2O4S. The van der Waals surface area contributed by atoms with E-state index in [4.69, 9.17) is 26.1 Å². The van der Waals surface area contributed by atoms with Crippen molar-refractivity contribution in [1.82, 2.24) is 4.57 Å². The number of benzene rings is 4. The highest BCUT2D eigenvalue weighted by Crippen LogP contribution is 2.42. The topological polar surface area (TPSA) is 69.9 Å². The van der Waals surface area contributed by atoms with Gasteiger partial charge in [-0.2, -0.15) is 0 Å². The normalized spacial score (nSPS) is 15.7. The van der Waals surface area contributed by atoms with Gasteiger partial charge in [0.05, 0.1) is 28.9 Å². The first kappa shape index (κ1) is 27.1. The van der Waals surface area contributed by atoms with Gasteiger partial charge in [-0.1, -0.05) is 77.5 Å². The summed E-state index contributed by atoms with van der Waals surface area (Å²) in [6, 6.07) is 29.5. The fraction of sp³-hybridized carbons (Fsp3) is 0.114. The molecule has 1 aliphatic carbocycles. The number of ether oxygens (including phenoxy) is 2. The van der Waals surface area contributed by atoms with Crippen LogP contribution in [0.4, 0.5) is 0 Å². The van der Waals surface area contributed by atoms with Gasteiger partial charge in [0.1, 0.15) is 11.5 Å². The third-order valence-corrected chi connectivity index (χ3v) is 9.11. The van der Waals surface area contributed by atoms with Gasteiger partial charge in [-0.05, 0) is 83.6 Å². The fourth-order valence-electron chi connectivity index (χ4n) is 5.67. The number of aromatic nitrogens is 1. The van der Waals surface area contributed by atoms with E-state index in [-0.39, 0.29) is 11.6 Å². The first-order valence-electron chi connectivity index (χ1n) is 13.8. The summed E-state index contributed by atoms with van der Waals surface area (Å²) >= 11 is 8.10. The molecule has 7 rings (SSSR count). The molecule has 0 spiro atoms. The van der Waals surface area contributed by atoms with Crippen molar-refractivity contribution in [1.29, 1.82) is 0 Å². The van der Waals surface area contributed by atoms with E-state index in [1.807, 2.05) is 48.5 Å². The van der Waals surface area contributed by atoms with Crippen LogP contribution in [0.1, 0.15) is 45.1 Å². The van der Waals surface area contributed by atoms with Crippen molar-refractivity contribution in [3.05, 3.63) is 155 Å². The van der Waals surface area contributed by atoms with Crippen LogP contribution >= 0.6 is 22.9 Å². The van der Waals surface area contributed by atoms with Crippen LogP contribution in [-0.4, -0.2) is 17.6 Å². The summed E-state index contributed by atoms with van der Waals surface area (Å²) in [5.41, 5.74) is 6.41. The lowest BCUT2D eigenvalue weighted by molar-refractivity contribution is 0.0734. The standard InChI is InChI=1S/C35H25ClN2O4S/c1-41-24-17-12-23(13-18-24)34(40)42-25-15-10-21(11-16-25)20-30-33(39)38-32(27-8-4-5-9-29(27)36)28-19-14-22-6-2-3-7-26(22)31(28)37-35(38)43-30/h2-13,15-18,20,32H,14,19H2,1H3/b30-20+/t32-/m1/s1. The summed E-state index contributed by atoms with van der Waals surface area (Å²) in [4.78, 5) is 32.2. The first-order valence-corrected chi connectivity index (χ1v) is 15.0. The zero-order chi connectivity index (χ0) is 29.5. The predicted octanol–water partition coefficient (Wildman–Crippen LogP) is 6.20. The molecular weight excluding hydrogens is 580 g/mol. The van der Waals surface area contributed by atoms with E-state index >= 15 is 0 Å². The molecule has 0 bridgehead atoms. The molecule has 2 aliphatic rings. The SMILES string of the molecule is COc1ccc(C(=O)Oc2ccc(/C=c3/sc4n(c3=O)[C@H](c3ccccc3Cl)C3=C(N=4)c4ccccc4CC3)cc2)cc1. The number of allylic oxidation sites excluding steroid dienone is 1. The summed E-state index contributed by atoms with van der Waals surface area (Å²) in [5, 5.41) is 0.620. The Morgan fingerprint density at radius 2 is 1.65 bits per heavy atom. The number of hydrogen-bond acceptors (Lipinski definition) is 6. The minimum atomic E-state index is -0.464. The molecule has 8 heteroatoms. The second-order valence-electron chi connectivity index (χ2n) is 10.3. The summed E-state index contributed by atoms with van der Waals surface area (Å²) < 4.78 is 13.0. The zero-order valence-electron chi connectivity index (χ0n) is 23.1. The van der Waals surface area contributed by atoms with Crippen molar-refractivity contribution in [3.63, 3.8) is 0 Å². The Labute approximate surface area is 256 Å². The van der Waals surface area contributed by atoms with Gasteiger partial charge < -0.3 is 9.47 Å². The van der Waals surface area contributed by atoms with Crippen LogP contribution in [0.2, 0.25) is 5.02 Å². The highest BCUT2D eigenvalue weighted by molar-refractivity contribution is 7.07. The second kappa shape index (κ2) is 11.2. The van der Waals surface area contributed by atoms with Gasteiger partial charge in [-0.3, -0.25) is 9.36 Å². The van der Waals surface area contributed by atoms with Gasteiger partial charge in [-0.15, -0.1) is 0 Å². The quantitative estimate of drug-likeness (QED) is 0.177. The molecule has 0 saturated carbocycles. The van der Waals surface area contributed by atoms with Crippen molar-refractivity contribution in [2.75, 3.05) is 7.11 Å². The van der Waals surface area contributed by atoms with E-state index in [2.05, 4.69) is 18.2 Å². The van der Waals surface area contributed by atoms with Gasteiger partial charge in [0.2, 0.25) is 0 Å². The number of fused-ring (bicyclic) bond motifs is 3. The van der Waals surface area contributed by atoms with Gasteiger partial charge in [-0.25, -0.2) is 9.79 Å². The third kappa shape index (κ3) is 5.01. The van der Waals surface area contributed by atoms with Crippen molar-refractivity contribution in [3.8, 4) is 11.5 Å². The predicted molar refractivity (Wildman–Crippen MR) is 169 cm³/mol. The molecule has 212 valence electrons. The maximum absolute atomic E-state index is 14.0. The molecule has 0 fully saturated rings. The number of halogens is 1. The molecule has 6 nitrogen and oxygen atoms in total. The lowest BCUT2D eigenvalue weighted by Crippen LogP contribution is -2.38. The van der Waals surface area contributed by atoms with Gasteiger partial charge in [0.15, 0.2) is 4.80 Å². The molecule has 1 aromatic heterocycles. The Bertz CT molecular complexity index is 2090. The van der Waals surface area contributed by atoms with E-state index < -0.39 is 5.97 Å². The van der Waals surface area contributed by atoms with Crippen LogP contribution in [0, 0.1) is 0 Å². The minimum Gasteiger partial charge on any atom is -0.497 e. The number of hydrogen-bond donors (Lipinski definition) is 0.